The second kappa shape index (κ2) is 6.96. The zero-order valence-corrected chi connectivity index (χ0v) is 16.8. The summed E-state index contributed by atoms with van der Waals surface area (Å²) >= 11 is 4.86. The van der Waals surface area contributed by atoms with Gasteiger partial charge in [0.1, 0.15) is 0 Å². The van der Waals surface area contributed by atoms with Gasteiger partial charge in [-0.25, -0.2) is 4.98 Å². The first-order valence-corrected chi connectivity index (χ1v) is 9.83. The van der Waals surface area contributed by atoms with Crippen molar-refractivity contribution in [2.75, 3.05) is 11.1 Å². The van der Waals surface area contributed by atoms with Crippen LogP contribution in [0.4, 0.5) is 5.69 Å². The van der Waals surface area contributed by atoms with Gasteiger partial charge in [-0.3, -0.25) is 14.2 Å². The van der Waals surface area contributed by atoms with Crippen LogP contribution >= 0.6 is 27.7 Å². The van der Waals surface area contributed by atoms with Crippen molar-refractivity contribution in [1.29, 1.82) is 0 Å². The molecule has 2 heterocycles. The number of nitrogens with one attached hydrogen (secondary N) is 1. The lowest BCUT2D eigenvalue weighted by atomic mass is 9.92. The van der Waals surface area contributed by atoms with Crippen molar-refractivity contribution in [2.24, 2.45) is 5.92 Å². The number of hydrogen-bond acceptors (Lipinski definition) is 4. The lowest BCUT2D eigenvalue weighted by Crippen LogP contribution is -2.37. The number of thioether (sulfide) groups is 1. The van der Waals surface area contributed by atoms with Gasteiger partial charge in [-0.15, -0.1) is 0 Å². The molecule has 132 valence electrons. The molecule has 0 saturated carbocycles. The number of nitrogens with zero attached hydrogens (tertiary/aromatic N) is 2. The fourth-order valence-electron chi connectivity index (χ4n) is 2.56. The highest BCUT2D eigenvalue weighted by Gasteiger charge is 2.28. The zero-order valence-electron chi connectivity index (χ0n) is 14.4. The average Bonchev–Trinajstić information content (AvgIpc) is 2.53. The van der Waals surface area contributed by atoms with E-state index in [-0.39, 0.29) is 22.8 Å². The van der Waals surface area contributed by atoms with E-state index >= 15 is 0 Å². The highest BCUT2D eigenvalue weighted by molar-refractivity contribution is 9.10. The molecule has 1 aromatic carbocycles. The lowest BCUT2D eigenvalue weighted by Gasteiger charge is -2.26. The quantitative estimate of drug-likeness (QED) is 0.751. The van der Waals surface area contributed by atoms with Crippen LogP contribution in [0.5, 0.6) is 0 Å². The number of fused-ring (bicyclic) bond motifs is 1. The Morgan fingerprint density at radius 2 is 2.12 bits per heavy atom. The molecule has 5 nitrogen and oxygen atoms in total. The maximum Gasteiger partial charge on any atom is 0.254 e. The van der Waals surface area contributed by atoms with Crippen molar-refractivity contribution in [3.8, 4) is 0 Å². The first-order chi connectivity index (χ1) is 11.7. The van der Waals surface area contributed by atoms with E-state index in [0.717, 1.165) is 15.9 Å². The van der Waals surface area contributed by atoms with Gasteiger partial charge in [0.05, 0.1) is 11.6 Å². The molecule has 1 atom stereocenters. The summed E-state index contributed by atoms with van der Waals surface area (Å²) in [6, 6.07) is 9.05. The molecule has 0 spiro atoms. The summed E-state index contributed by atoms with van der Waals surface area (Å²) in [6.45, 7) is 6.47. The van der Waals surface area contributed by atoms with E-state index in [0.29, 0.717) is 17.5 Å². The molecule has 1 aliphatic heterocycles. The molecule has 0 aliphatic carbocycles. The van der Waals surface area contributed by atoms with E-state index in [1.54, 1.807) is 10.6 Å². The Morgan fingerprint density at radius 3 is 2.80 bits per heavy atom. The second-order valence-electron chi connectivity index (χ2n) is 7.13. The highest BCUT2D eigenvalue weighted by Crippen LogP contribution is 2.28. The molecule has 1 aliphatic rings. The van der Waals surface area contributed by atoms with Crippen LogP contribution in [0.2, 0.25) is 0 Å². The van der Waals surface area contributed by atoms with Gasteiger partial charge in [0.25, 0.3) is 5.56 Å². The Balaban J connectivity index is 1.79. The molecule has 0 saturated heterocycles. The lowest BCUT2D eigenvalue weighted by molar-refractivity contribution is -0.119. The number of aromatic nitrogens is 2. The maximum atomic E-state index is 12.6. The minimum absolute atomic E-state index is 0.0805. The maximum absolute atomic E-state index is 12.6. The highest BCUT2D eigenvalue weighted by atomic mass is 79.9. The van der Waals surface area contributed by atoms with E-state index in [1.807, 2.05) is 45.0 Å². The number of carbonyl (C=O) groups is 1. The van der Waals surface area contributed by atoms with E-state index in [9.17, 15) is 9.59 Å². The van der Waals surface area contributed by atoms with E-state index < -0.39 is 0 Å². The number of benzene rings is 1. The van der Waals surface area contributed by atoms with Gasteiger partial charge in [0, 0.05) is 33.9 Å². The molecule has 0 unspecified atom stereocenters. The SMILES string of the molecule is CC(C)(C)c1cc(=O)n2c(n1)SC[C@H](C(=O)Nc1cccc(Br)c1)C2. The minimum atomic E-state index is -0.267. The number of amides is 1. The summed E-state index contributed by atoms with van der Waals surface area (Å²) in [4.78, 5) is 29.6. The van der Waals surface area contributed by atoms with Crippen LogP contribution in [0.3, 0.4) is 0 Å². The Kier molecular flexibility index (Phi) is 5.06. The van der Waals surface area contributed by atoms with Crippen LogP contribution in [0.15, 0.2) is 44.8 Å². The van der Waals surface area contributed by atoms with Crippen LogP contribution in [-0.2, 0) is 16.8 Å². The van der Waals surface area contributed by atoms with Crippen LogP contribution in [0.1, 0.15) is 26.5 Å². The summed E-state index contributed by atoms with van der Waals surface area (Å²) in [5, 5.41) is 3.62. The van der Waals surface area contributed by atoms with Crippen molar-refractivity contribution < 1.29 is 4.79 Å². The Labute approximate surface area is 159 Å². The van der Waals surface area contributed by atoms with Crippen molar-refractivity contribution in [3.63, 3.8) is 0 Å². The summed E-state index contributed by atoms with van der Waals surface area (Å²) in [5.74, 6) is 0.263. The van der Waals surface area contributed by atoms with Crippen molar-refractivity contribution in [2.45, 2.75) is 37.9 Å². The normalized spacial score (nSPS) is 17.0. The van der Waals surface area contributed by atoms with Gasteiger partial charge < -0.3 is 5.32 Å². The first kappa shape index (κ1) is 18.2. The standard InChI is InChI=1S/C18H20BrN3O2S/c1-18(2,3)14-8-15(23)22-9-11(10-25-17(22)21-14)16(24)20-13-6-4-5-12(19)7-13/h4-8,11H,9-10H2,1-3H3,(H,20,24)/t11-/m1/s1. The number of halogens is 1. The molecule has 0 radical (unpaired) electrons. The fourth-order valence-corrected chi connectivity index (χ4v) is 4.05. The monoisotopic (exact) mass is 421 g/mol. The predicted octanol–water partition coefficient (Wildman–Crippen LogP) is 3.66. The fraction of sp³-hybridized carbons (Fsp3) is 0.389. The van der Waals surface area contributed by atoms with Crippen molar-refractivity contribution in [3.05, 3.63) is 50.9 Å². The molecule has 25 heavy (non-hydrogen) atoms. The number of carbonyl (C=O) groups excluding carboxylic acids is 1. The van der Waals surface area contributed by atoms with E-state index in [4.69, 9.17) is 0 Å². The summed E-state index contributed by atoms with van der Waals surface area (Å²) in [7, 11) is 0. The Hall–Kier alpha value is -1.60. The van der Waals surface area contributed by atoms with Crippen LogP contribution in [0, 0.1) is 5.92 Å². The van der Waals surface area contributed by atoms with Gasteiger partial charge in [-0.2, -0.15) is 0 Å². The second-order valence-corrected chi connectivity index (χ2v) is 9.03. The Bertz CT molecular complexity index is 873. The summed E-state index contributed by atoms with van der Waals surface area (Å²) < 4.78 is 2.51. The molecule has 1 amide bonds. The number of hydrogen-bond donors (Lipinski definition) is 1. The first-order valence-electron chi connectivity index (χ1n) is 8.05. The Morgan fingerprint density at radius 1 is 1.36 bits per heavy atom. The van der Waals surface area contributed by atoms with Gasteiger partial charge in [-0.05, 0) is 18.2 Å². The zero-order chi connectivity index (χ0) is 18.2. The smallest absolute Gasteiger partial charge is 0.254 e. The summed E-state index contributed by atoms with van der Waals surface area (Å²) in [6.07, 6.45) is 0. The van der Waals surface area contributed by atoms with Gasteiger partial charge in [0.2, 0.25) is 5.91 Å². The van der Waals surface area contributed by atoms with Gasteiger partial charge in [-0.1, -0.05) is 54.5 Å². The molecule has 2 aromatic rings. The van der Waals surface area contributed by atoms with Crippen LogP contribution in [0.25, 0.3) is 0 Å². The minimum Gasteiger partial charge on any atom is -0.326 e. The third-order valence-corrected chi connectivity index (χ3v) is 5.65. The predicted molar refractivity (Wildman–Crippen MR) is 104 cm³/mol. The number of rotatable bonds is 2. The van der Waals surface area contributed by atoms with E-state index in [2.05, 4.69) is 26.2 Å². The molecule has 1 N–H and O–H groups in total. The van der Waals surface area contributed by atoms with Crippen molar-refractivity contribution in [1.82, 2.24) is 9.55 Å². The largest absolute Gasteiger partial charge is 0.326 e. The third-order valence-electron chi connectivity index (χ3n) is 4.02. The van der Waals surface area contributed by atoms with Gasteiger partial charge in [0.15, 0.2) is 5.16 Å². The molecular formula is C18H20BrN3O2S. The van der Waals surface area contributed by atoms with Crippen LogP contribution < -0.4 is 10.9 Å². The molecular weight excluding hydrogens is 402 g/mol. The molecule has 3 rings (SSSR count). The molecule has 7 heteroatoms. The van der Waals surface area contributed by atoms with Gasteiger partial charge >= 0.3 is 0 Å². The molecule has 1 aromatic heterocycles. The molecule has 0 fully saturated rings. The topological polar surface area (TPSA) is 64.0 Å². The van der Waals surface area contributed by atoms with Crippen LogP contribution in [-0.4, -0.2) is 21.2 Å². The summed E-state index contributed by atoms with van der Waals surface area (Å²) in [5.41, 5.74) is 1.25. The van der Waals surface area contributed by atoms with E-state index in [1.165, 1.54) is 11.8 Å². The number of anilines is 1. The average molecular weight is 422 g/mol. The van der Waals surface area contributed by atoms with Crippen molar-refractivity contribution >= 4 is 39.3 Å². The third kappa shape index (κ3) is 4.15. The molecule has 0 bridgehead atoms.